The lowest BCUT2D eigenvalue weighted by atomic mass is 10.3. The maximum absolute atomic E-state index is 13.1. The van der Waals surface area contributed by atoms with E-state index in [4.69, 9.17) is 16.3 Å². The summed E-state index contributed by atoms with van der Waals surface area (Å²) in [5.74, 6) is 0.469. The normalized spacial score (nSPS) is 10.9. The quantitative estimate of drug-likeness (QED) is 0.406. The van der Waals surface area contributed by atoms with Gasteiger partial charge in [-0.05, 0) is 50.5 Å². The van der Waals surface area contributed by atoms with E-state index < -0.39 is 0 Å². The molecule has 0 spiro atoms. The van der Waals surface area contributed by atoms with Crippen LogP contribution < -0.4 is 9.64 Å². The number of amides is 1. The number of thioether (sulfide) groups is 1. The Morgan fingerprint density at radius 1 is 1.20 bits per heavy atom. The van der Waals surface area contributed by atoms with Crippen LogP contribution in [0.4, 0.5) is 9.52 Å². The summed E-state index contributed by atoms with van der Waals surface area (Å²) in [6.07, 6.45) is 0. The van der Waals surface area contributed by atoms with Crippen LogP contribution in [0.5, 0.6) is 5.75 Å². The van der Waals surface area contributed by atoms with Crippen molar-refractivity contribution in [2.75, 3.05) is 44.9 Å². The standard InChI is InChI=1S/C20H21ClFN3O2S2.ClH/c1-24(2)10-11-25(17(26)12-28-14-6-4-13(22)5-7-14)20-23-18-16(27-3)9-8-15(21)19(18)29-20;/h4-9H,10-12H2,1-3H3;1H. The van der Waals surface area contributed by atoms with Crippen LogP contribution in [0.3, 0.4) is 0 Å². The summed E-state index contributed by atoms with van der Waals surface area (Å²) >= 11 is 9.07. The van der Waals surface area contributed by atoms with E-state index in [0.29, 0.717) is 34.5 Å². The Bertz CT molecular complexity index is 1000. The van der Waals surface area contributed by atoms with Gasteiger partial charge in [-0.25, -0.2) is 9.37 Å². The third-order valence-corrected chi connectivity index (χ3v) is 6.68. The molecule has 0 fully saturated rings. The van der Waals surface area contributed by atoms with Gasteiger partial charge < -0.3 is 9.64 Å². The molecule has 1 aromatic heterocycles. The molecule has 162 valence electrons. The molecule has 0 atom stereocenters. The average molecular weight is 490 g/mol. The first-order valence-corrected chi connectivity index (χ1v) is 11.0. The van der Waals surface area contributed by atoms with Crippen molar-refractivity contribution in [3.63, 3.8) is 0 Å². The maximum Gasteiger partial charge on any atom is 0.239 e. The molecule has 0 aliphatic heterocycles. The van der Waals surface area contributed by atoms with Gasteiger partial charge >= 0.3 is 0 Å². The minimum absolute atomic E-state index is 0. The van der Waals surface area contributed by atoms with E-state index in [9.17, 15) is 9.18 Å². The number of likely N-dealkylation sites (N-methyl/N-ethyl adjacent to an activating group) is 1. The van der Waals surface area contributed by atoms with E-state index >= 15 is 0 Å². The Labute approximate surface area is 194 Å². The van der Waals surface area contributed by atoms with E-state index in [0.717, 1.165) is 9.60 Å². The SMILES string of the molecule is COc1ccc(Cl)c2sc(N(CCN(C)C)C(=O)CSc3ccc(F)cc3)nc12.Cl. The molecule has 3 aromatic rings. The van der Waals surface area contributed by atoms with Crippen molar-refractivity contribution < 1.29 is 13.9 Å². The molecule has 3 rings (SSSR count). The lowest BCUT2D eigenvalue weighted by Crippen LogP contribution is -2.37. The Morgan fingerprint density at radius 3 is 2.53 bits per heavy atom. The van der Waals surface area contributed by atoms with Crippen molar-refractivity contribution in [3.8, 4) is 5.75 Å². The molecule has 0 unspecified atom stereocenters. The van der Waals surface area contributed by atoms with E-state index in [1.165, 1.54) is 35.2 Å². The van der Waals surface area contributed by atoms with Crippen LogP contribution in [0.15, 0.2) is 41.3 Å². The summed E-state index contributed by atoms with van der Waals surface area (Å²) in [5, 5.41) is 1.16. The molecule has 1 amide bonds. The van der Waals surface area contributed by atoms with Gasteiger partial charge in [0.05, 0.1) is 22.6 Å². The number of rotatable bonds is 8. The number of hydrogen-bond acceptors (Lipinski definition) is 6. The molecule has 2 aromatic carbocycles. The highest BCUT2D eigenvalue weighted by atomic mass is 35.5. The highest BCUT2D eigenvalue weighted by molar-refractivity contribution is 8.00. The molecule has 0 N–H and O–H groups in total. The Morgan fingerprint density at radius 2 is 1.90 bits per heavy atom. The number of thiazole rings is 1. The van der Waals surface area contributed by atoms with Gasteiger partial charge in [-0.1, -0.05) is 22.9 Å². The first-order valence-electron chi connectivity index (χ1n) is 8.85. The van der Waals surface area contributed by atoms with Crippen LogP contribution in [-0.4, -0.2) is 55.8 Å². The summed E-state index contributed by atoms with van der Waals surface area (Å²) in [6.45, 7) is 1.18. The largest absolute Gasteiger partial charge is 0.494 e. The lowest BCUT2D eigenvalue weighted by Gasteiger charge is -2.21. The number of halogens is 3. The van der Waals surface area contributed by atoms with E-state index in [-0.39, 0.29) is 29.9 Å². The van der Waals surface area contributed by atoms with Gasteiger partial charge in [-0.2, -0.15) is 0 Å². The van der Waals surface area contributed by atoms with Crippen molar-refractivity contribution in [1.29, 1.82) is 0 Å². The number of methoxy groups -OCH3 is 1. The van der Waals surface area contributed by atoms with Crippen molar-refractivity contribution in [1.82, 2.24) is 9.88 Å². The number of hydrogen-bond donors (Lipinski definition) is 0. The summed E-state index contributed by atoms with van der Waals surface area (Å²) in [5.41, 5.74) is 0.647. The Balaban J connectivity index is 0.00000320. The van der Waals surface area contributed by atoms with Crippen molar-refractivity contribution >= 4 is 68.4 Å². The number of benzene rings is 2. The van der Waals surface area contributed by atoms with Crippen molar-refractivity contribution in [3.05, 3.63) is 47.2 Å². The zero-order valence-electron chi connectivity index (χ0n) is 16.7. The fourth-order valence-electron chi connectivity index (χ4n) is 2.60. The predicted octanol–water partition coefficient (Wildman–Crippen LogP) is 5.21. The van der Waals surface area contributed by atoms with Gasteiger partial charge in [0.2, 0.25) is 5.91 Å². The second kappa shape index (κ2) is 11.2. The van der Waals surface area contributed by atoms with Gasteiger partial charge in [0, 0.05) is 18.0 Å². The molecule has 0 saturated carbocycles. The summed E-state index contributed by atoms with van der Waals surface area (Å²) in [6, 6.07) is 9.64. The number of nitrogens with zero attached hydrogens (tertiary/aromatic N) is 3. The van der Waals surface area contributed by atoms with Crippen LogP contribution in [0, 0.1) is 5.82 Å². The third-order valence-electron chi connectivity index (χ3n) is 4.15. The topological polar surface area (TPSA) is 45.7 Å². The molecule has 30 heavy (non-hydrogen) atoms. The fraction of sp³-hybridized carbons (Fsp3) is 0.300. The minimum Gasteiger partial charge on any atom is -0.494 e. The zero-order valence-corrected chi connectivity index (χ0v) is 19.9. The number of anilines is 1. The third kappa shape index (κ3) is 5.98. The smallest absolute Gasteiger partial charge is 0.239 e. The summed E-state index contributed by atoms with van der Waals surface area (Å²) < 4.78 is 19.3. The second-order valence-corrected chi connectivity index (χ2v) is 8.95. The zero-order chi connectivity index (χ0) is 21.0. The molecule has 0 aliphatic carbocycles. The molecule has 0 radical (unpaired) electrons. The average Bonchev–Trinajstić information content (AvgIpc) is 3.14. The van der Waals surface area contributed by atoms with Gasteiger partial charge in [-0.3, -0.25) is 9.69 Å². The number of carbonyl (C=O) groups excluding carboxylic acids is 1. The number of ether oxygens (including phenoxy) is 1. The van der Waals surface area contributed by atoms with E-state index in [1.54, 1.807) is 36.3 Å². The van der Waals surface area contributed by atoms with Crippen LogP contribution in [0.25, 0.3) is 10.2 Å². The predicted molar refractivity (Wildman–Crippen MR) is 126 cm³/mol. The second-order valence-electron chi connectivity index (χ2n) is 6.52. The van der Waals surface area contributed by atoms with Gasteiger partial charge in [0.15, 0.2) is 5.13 Å². The molecule has 10 heteroatoms. The first kappa shape index (κ1) is 24.7. The van der Waals surface area contributed by atoms with Gasteiger partial charge in [0.1, 0.15) is 17.1 Å². The minimum atomic E-state index is -0.298. The highest BCUT2D eigenvalue weighted by Gasteiger charge is 2.22. The van der Waals surface area contributed by atoms with Crippen LogP contribution in [-0.2, 0) is 4.79 Å². The molecular formula is C20H22Cl2FN3O2S2. The number of carbonyl (C=O) groups is 1. The van der Waals surface area contributed by atoms with Crippen LogP contribution >= 0.6 is 47.1 Å². The molecule has 1 heterocycles. The molecule has 0 saturated heterocycles. The molecule has 0 aliphatic rings. The fourth-order valence-corrected chi connectivity index (χ4v) is 4.68. The number of aromatic nitrogens is 1. The van der Waals surface area contributed by atoms with Crippen molar-refractivity contribution in [2.24, 2.45) is 0 Å². The lowest BCUT2D eigenvalue weighted by molar-refractivity contribution is -0.116. The van der Waals surface area contributed by atoms with Gasteiger partial charge in [0.25, 0.3) is 0 Å². The molecule has 5 nitrogen and oxygen atoms in total. The van der Waals surface area contributed by atoms with Crippen LogP contribution in [0.2, 0.25) is 5.02 Å². The van der Waals surface area contributed by atoms with Crippen LogP contribution in [0.1, 0.15) is 0 Å². The maximum atomic E-state index is 13.1. The highest BCUT2D eigenvalue weighted by Crippen LogP contribution is 2.38. The number of fused-ring (bicyclic) bond motifs is 1. The summed E-state index contributed by atoms with van der Waals surface area (Å²) in [7, 11) is 5.48. The summed E-state index contributed by atoms with van der Waals surface area (Å²) in [4.78, 5) is 22.2. The first-order chi connectivity index (χ1) is 13.9. The van der Waals surface area contributed by atoms with E-state index in [1.807, 2.05) is 19.0 Å². The van der Waals surface area contributed by atoms with Crippen molar-refractivity contribution in [2.45, 2.75) is 4.90 Å². The van der Waals surface area contributed by atoms with Gasteiger partial charge in [-0.15, -0.1) is 24.2 Å². The van der Waals surface area contributed by atoms with E-state index in [2.05, 4.69) is 4.98 Å². The molecule has 0 bridgehead atoms. The Kier molecular flexibility index (Phi) is 9.18. The molecular weight excluding hydrogens is 468 g/mol. The monoisotopic (exact) mass is 489 g/mol. The Hall–Kier alpha value is -1.58.